The second kappa shape index (κ2) is 5.07. The van der Waals surface area contributed by atoms with E-state index >= 15 is 0 Å². The molecule has 1 heterocycles. The van der Waals surface area contributed by atoms with Crippen LogP contribution in [-0.4, -0.2) is 23.5 Å². The third kappa shape index (κ3) is 3.43. The van der Waals surface area contributed by atoms with E-state index in [0.29, 0.717) is 6.54 Å². The number of carbonyl (C=O) groups is 1. The van der Waals surface area contributed by atoms with E-state index in [2.05, 4.69) is 10.3 Å². The fraction of sp³-hybridized carbons (Fsp3) is 0.556. The molecule has 0 unspecified atom stereocenters. The molecule has 1 aromatic heterocycles. The van der Waals surface area contributed by atoms with Crippen molar-refractivity contribution in [3.63, 3.8) is 0 Å². The highest BCUT2D eigenvalue weighted by Gasteiger charge is 2.06. The van der Waals surface area contributed by atoms with Crippen LogP contribution in [0.5, 0.6) is 0 Å². The van der Waals surface area contributed by atoms with E-state index in [4.69, 9.17) is 5.73 Å². The van der Waals surface area contributed by atoms with E-state index < -0.39 is 6.04 Å². The normalized spacial score (nSPS) is 12.5. The van der Waals surface area contributed by atoms with E-state index in [1.165, 1.54) is 0 Å². The Balaban J connectivity index is 2.25. The first-order valence-electron chi connectivity index (χ1n) is 4.54. The summed E-state index contributed by atoms with van der Waals surface area (Å²) in [5, 5.41) is 5.80. The van der Waals surface area contributed by atoms with Gasteiger partial charge in [-0.2, -0.15) is 0 Å². The smallest absolute Gasteiger partial charge is 0.236 e. The van der Waals surface area contributed by atoms with Gasteiger partial charge in [-0.1, -0.05) is 0 Å². The minimum atomic E-state index is -0.438. The zero-order valence-electron chi connectivity index (χ0n) is 8.41. The predicted molar refractivity (Wildman–Crippen MR) is 57.2 cm³/mol. The standard InChI is InChI=1S/C9H15N3OS/c1-6(10)9(13)11-4-3-8-5-14-7(2)12-8/h5-6H,3-4,10H2,1-2H3,(H,11,13)/t6-/m1/s1. The fourth-order valence-corrected chi connectivity index (χ4v) is 1.64. The molecule has 0 saturated carbocycles. The molecule has 0 bridgehead atoms. The summed E-state index contributed by atoms with van der Waals surface area (Å²) >= 11 is 1.62. The van der Waals surface area contributed by atoms with Crippen LogP contribution in [0.3, 0.4) is 0 Å². The lowest BCUT2D eigenvalue weighted by atomic mass is 10.3. The first kappa shape index (κ1) is 11.1. The molecule has 5 heteroatoms. The average Bonchev–Trinajstić information content (AvgIpc) is 2.51. The van der Waals surface area contributed by atoms with Crippen molar-refractivity contribution in [1.82, 2.24) is 10.3 Å². The molecule has 3 N–H and O–H groups in total. The van der Waals surface area contributed by atoms with Crippen LogP contribution >= 0.6 is 11.3 Å². The Hall–Kier alpha value is -0.940. The van der Waals surface area contributed by atoms with Crippen LogP contribution in [0.2, 0.25) is 0 Å². The molecule has 1 amide bonds. The highest BCUT2D eigenvalue weighted by Crippen LogP contribution is 2.07. The Morgan fingerprint density at radius 1 is 1.79 bits per heavy atom. The van der Waals surface area contributed by atoms with Gasteiger partial charge in [0.25, 0.3) is 0 Å². The second-order valence-corrected chi connectivity index (χ2v) is 4.25. The Labute approximate surface area is 87.5 Å². The largest absolute Gasteiger partial charge is 0.354 e. The summed E-state index contributed by atoms with van der Waals surface area (Å²) < 4.78 is 0. The summed E-state index contributed by atoms with van der Waals surface area (Å²) in [7, 11) is 0. The summed E-state index contributed by atoms with van der Waals surface area (Å²) in [5.74, 6) is -0.114. The average molecular weight is 213 g/mol. The van der Waals surface area contributed by atoms with Crippen molar-refractivity contribution in [3.05, 3.63) is 16.1 Å². The highest BCUT2D eigenvalue weighted by atomic mass is 32.1. The molecule has 0 aliphatic carbocycles. The number of carbonyl (C=O) groups excluding carboxylic acids is 1. The number of nitrogens with zero attached hydrogens (tertiary/aromatic N) is 1. The monoisotopic (exact) mass is 213 g/mol. The first-order chi connectivity index (χ1) is 6.59. The summed E-state index contributed by atoms with van der Waals surface area (Å²) in [6, 6.07) is -0.438. The molecule has 1 rings (SSSR count). The van der Waals surface area contributed by atoms with Gasteiger partial charge >= 0.3 is 0 Å². The molecule has 0 aliphatic rings. The van der Waals surface area contributed by atoms with Gasteiger partial charge in [-0.25, -0.2) is 4.98 Å². The van der Waals surface area contributed by atoms with Gasteiger partial charge in [0.1, 0.15) is 0 Å². The fourth-order valence-electron chi connectivity index (χ4n) is 0.998. The van der Waals surface area contributed by atoms with E-state index in [1.807, 2.05) is 12.3 Å². The van der Waals surface area contributed by atoms with Crippen LogP contribution in [0, 0.1) is 6.92 Å². The van der Waals surface area contributed by atoms with Gasteiger partial charge in [-0.05, 0) is 13.8 Å². The van der Waals surface area contributed by atoms with E-state index in [1.54, 1.807) is 18.3 Å². The van der Waals surface area contributed by atoms with Crippen molar-refractivity contribution in [2.24, 2.45) is 5.73 Å². The number of aromatic nitrogens is 1. The van der Waals surface area contributed by atoms with Crippen molar-refractivity contribution in [2.75, 3.05) is 6.54 Å². The van der Waals surface area contributed by atoms with Gasteiger partial charge in [0, 0.05) is 18.3 Å². The zero-order chi connectivity index (χ0) is 10.6. The summed E-state index contributed by atoms with van der Waals surface area (Å²) in [4.78, 5) is 15.4. The number of amides is 1. The molecular formula is C9H15N3OS. The Kier molecular flexibility index (Phi) is 4.03. The molecule has 0 radical (unpaired) electrons. The van der Waals surface area contributed by atoms with Crippen LogP contribution in [0.25, 0.3) is 0 Å². The molecule has 0 fully saturated rings. The lowest BCUT2D eigenvalue weighted by Crippen LogP contribution is -2.39. The number of nitrogens with two attached hydrogens (primary N) is 1. The van der Waals surface area contributed by atoms with Gasteiger partial charge < -0.3 is 11.1 Å². The minimum absolute atomic E-state index is 0.114. The SMILES string of the molecule is Cc1nc(CCNC(=O)[C@@H](C)N)cs1. The molecule has 0 aromatic carbocycles. The Morgan fingerprint density at radius 2 is 2.50 bits per heavy atom. The van der Waals surface area contributed by atoms with Crippen LogP contribution in [0.1, 0.15) is 17.6 Å². The lowest BCUT2D eigenvalue weighted by Gasteiger charge is -2.05. The maximum Gasteiger partial charge on any atom is 0.236 e. The molecule has 0 aliphatic heterocycles. The molecule has 4 nitrogen and oxygen atoms in total. The van der Waals surface area contributed by atoms with Gasteiger partial charge in [-0.3, -0.25) is 4.79 Å². The van der Waals surface area contributed by atoms with Crippen LogP contribution in [-0.2, 0) is 11.2 Å². The zero-order valence-corrected chi connectivity index (χ0v) is 9.23. The Bertz CT molecular complexity index is 309. The number of rotatable bonds is 4. The van der Waals surface area contributed by atoms with Crippen LogP contribution in [0.15, 0.2) is 5.38 Å². The molecular weight excluding hydrogens is 198 g/mol. The van der Waals surface area contributed by atoms with Crippen molar-refractivity contribution in [3.8, 4) is 0 Å². The Morgan fingerprint density at radius 3 is 3.00 bits per heavy atom. The third-order valence-electron chi connectivity index (χ3n) is 1.76. The number of thiazole rings is 1. The van der Waals surface area contributed by atoms with Gasteiger partial charge in [-0.15, -0.1) is 11.3 Å². The van der Waals surface area contributed by atoms with Crippen molar-refractivity contribution >= 4 is 17.2 Å². The van der Waals surface area contributed by atoms with Crippen molar-refractivity contribution < 1.29 is 4.79 Å². The van der Waals surface area contributed by atoms with Crippen LogP contribution in [0.4, 0.5) is 0 Å². The quantitative estimate of drug-likeness (QED) is 0.763. The van der Waals surface area contributed by atoms with E-state index in [0.717, 1.165) is 17.1 Å². The van der Waals surface area contributed by atoms with Gasteiger partial charge in [0.05, 0.1) is 16.7 Å². The number of nitrogens with one attached hydrogen (secondary N) is 1. The maximum atomic E-state index is 11.1. The summed E-state index contributed by atoms with van der Waals surface area (Å²) in [6.45, 7) is 4.24. The molecule has 1 atom stereocenters. The summed E-state index contributed by atoms with van der Waals surface area (Å²) in [6.07, 6.45) is 0.767. The van der Waals surface area contributed by atoms with E-state index in [-0.39, 0.29) is 5.91 Å². The van der Waals surface area contributed by atoms with E-state index in [9.17, 15) is 4.79 Å². The van der Waals surface area contributed by atoms with Gasteiger partial charge in [0.2, 0.25) is 5.91 Å². The topological polar surface area (TPSA) is 68.0 Å². The highest BCUT2D eigenvalue weighted by molar-refractivity contribution is 7.09. The van der Waals surface area contributed by atoms with Crippen molar-refractivity contribution in [1.29, 1.82) is 0 Å². The maximum absolute atomic E-state index is 11.1. The number of hydrogen-bond donors (Lipinski definition) is 2. The lowest BCUT2D eigenvalue weighted by molar-refractivity contribution is -0.121. The van der Waals surface area contributed by atoms with Crippen LogP contribution < -0.4 is 11.1 Å². The molecule has 1 aromatic rings. The molecule has 14 heavy (non-hydrogen) atoms. The van der Waals surface area contributed by atoms with Gasteiger partial charge in [0.15, 0.2) is 0 Å². The number of hydrogen-bond acceptors (Lipinski definition) is 4. The first-order valence-corrected chi connectivity index (χ1v) is 5.42. The third-order valence-corrected chi connectivity index (χ3v) is 2.58. The minimum Gasteiger partial charge on any atom is -0.354 e. The van der Waals surface area contributed by atoms with Crippen molar-refractivity contribution in [2.45, 2.75) is 26.3 Å². The summed E-state index contributed by atoms with van der Waals surface area (Å²) in [5.41, 5.74) is 6.42. The second-order valence-electron chi connectivity index (χ2n) is 3.19. The molecule has 0 saturated heterocycles. The predicted octanol–water partition coefficient (Wildman–Crippen LogP) is 0.457. The molecule has 78 valence electrons. The molecule has 0 spiro atoms. The number of aryl methyl sites for hydroxylation is 1.